The van der Waals surface area contributed by atoms with Crippen LogP contribution in [0.15, 0.2) is 42.5 Å². The first-order valence-electron chi connectivity index (χ1n) is 7.36. The van der Waals surface area contributed by atoms with Gasteiger partial charge < -0.3 is 14.8 Å². The Bertz CT molecular complexity index is 612. The molecule has 1 amide bonds. The highest BCUT2D eigenvalue weighted by atomic mass is 16.6. The lowest BCUT2D eigenvalue weighted by Crippen LogP contribution is -2.50. The lowest BCUT2D eigenvalue weighted by molar-refractivity contribution is -0.150. The number of fused-ring (bicyclic) bond motifs is 2. The number of ketones is 1. The standard InChI is InChI=1S/C17H19NO4/c1-16-7-8-17(22-16,10-14(19)9-16)12-18-15(20)21-11-13-5-3-2-4-6-13/h2-8H,9-12H2,1H3,(H,18,20)/t16-,17+/m1/s1. The molecule has 0 aliphatic carbocycles. The first kappa shape index (κ1) is 14.8. The van der Waals surface area contributed by atoms with Crippen molar-refractivity contribution in [2.24, 2.45) is 0 Å². The third-order valence-corrected chi connectivity index (χ3v) is 3.97. The number of nitrogens with one attached hydrogen (secondary N) is 1. The van der Waals surface area contributed by atoms with Gasteiger partial charge in [-0.3, -0.25) is 4.79 Å². The number of hydrogen-bond acceptors (Lipinski definition) is 4. The molecule has 5 nitrogen and oxygen atoms in total. The van der Waals surface area contributed by atoms with Crippen LogP contribution in [0.25, 0.3) is 0 Å². The molecule has 2 heterocycles. The highest BCUT2D eigenvalue weighted by Gasteiger charge is 2.49. The van der Waals surface area contributed by atoms with E-state index >= 15 is 0 Å². The Morgan fingerprint density at radius 3 is 2.82 bits per heavy atom. The van der Waals surface area contributed by atoms with Crippen molar-refractivity contribution in [1.82, 2.24) is 5.32 Å². The second-order valence-corrected chi connectivity index (χ2v) is 6.12. The minimum Gasteiger partial charge on any atom is -0.445 e. The average Bonchev–Trinajstić information content (AvgIpc) is 2.74. The van der Waals surface area contributed by atoms with Crippen LogP contribution < -0.4 is 5.32 Å². The minimum atomic E-state index is -0.726. The van der Waals surface area contributed by atoms with Crippen molar-refractivity contribution in [2.45, 2.75) is 37.6 Å². The molecule has 0 unspecified atom stereocenters. The Hall–Kier alpha value is -2.14. The summed E-state index contributed by atoms with van der Waals surface area (Å²) >= 11 is 0. The van der Waals surface area contributed by atoms with E-state index in [0.29, 0.717) is 6.42 Å². The van der Waals surface area contributed by atoms with E-state index in [9.17, 15) is 9.59 Å². The first-order chi connectivity index (χ1) is 10.5. The van der Waals surface area contributed by atoms with Crippen molar-refractivity contribution >= 4 is 11.9 Å². The van der Waals surface area contributed by atoms with Crippen molar-refractivity contribution in [3.63, 3.8) is 0 Å². The smallest absolute Gasteiger partial charge is 0.407 e. The van der Waals surface area contributed by atoms with Crippen molar-refractivity contribution in [2.75, 3.05) is 6.54 Å². The lowest BCUT2D eigenvalue weighted by Gasteiger charge is -2.37. The zero-order valence-corrected chi connectivity index (χ0v) is 12.5. The van der Waals surface area contributed by atoms with E-state index in [1.165, 1.54) is 0 Å². The summed E-state index contributed by atoms with van der Waals surface area (Å²) in [5.41, 5.74) is -0.339. The summed E-state index contributed by atoms with van der Waals surface area (Å²) in [6.45, 7) is 2.33. The molecule has 5 heteroatoms. The molecule has 22 heavy (non-hydrogen) atoms. The van der Waals surface area contributed by atoms with Crippen molar-refractivity contribution in [3.05, 3.63) is 48.0 Å². The van der Waals surface area contributed by atoms with Crippen LogP contribution in [0, 0.1) is 0 Å². The number of Topliss-reactive ketones (excluding diaryl/α,β-unsaturated/α-hetero) is 1. The van der Waals surface area contributed by atoms with Gasteiger partial charge in [0, 0.05) is 12.8 Å². The summed E-state index contributed by atoms with van der Waals surface area (Å²) in [5, 5.41) is 2.69. The Kier molecular flexibility index (Phi) is 3.74. The van der Waals surface area contributed by atoms with Crippen LogP contribution in [0.1, 0.15) is 25.3 Å². The Balaban J connectivity index is 1.51. The number of carbonyl (C=O) groups excluding carboxylic acids is 2. The fourth-order valence-electron chi connectivity index (χ4n) is 2.99. The number of benzene rings is 1. The Morgan fingerprint density at radius 1 is 1.27 bits per heavy atom. The van der Waals surface area contributed by atoms with Crippen LogP contribution in [0.2, 0.25) is 0 Å². The second-order valence-electron chi connectivity index (χ2n) is 6.12. The number of alkyl carbamates (subject to hydrolysis) is 1. The van der Waals surface area contributed by atoms with Crippen molar-refractivity contribution in [1.29, 1.82) is 0 Å². The summed E-state index contributed by atoms with van der Waals surface area (Å²) in [6, 6.07) is 9.46. The summed E-state index contributed by atoms with van der Waals surface area (Å²) in [5.74, 6) is 0.151. The fourth-order valence-corrected chi connectivity index (χ4v) is 2.99. The molecule has 3 rings (SSSR count). The molecule has 2 aliphatic heterocycles. The van der Waals surface area contributed by atoms with Crippen molar-refractivity contribution < 1.29 is 19.1 Å². The van der Waals surface area contributed by atoms with Crippen LogP contribution in [-0.2, 0) is 20.9 Å². The van der Waals surface area contributed by atoms with Gasteiger partial charge in [-0.2, -0.15) is 0 Å². The SMILES string of the molecule is C[C@@]12C=C[C@@](CNC(=O)OCc3ccccc3)(CC(=O)C1)O2. The van der Waals surface area contributed by atoms with Gasteiger partial charge in [0.25, 0.3) is 0 Å². The zero-order chi connectivity index (χ0) is 15.6. The molecule has 116 valence electrons. The van der Waals surface area contributed by atoms with E-state index < -0.39 is 17.3 Å². The molecule has 2 bridgehead atoms. The van der Waals surface area contributed by atoms with Crippen LogP contribution in [-0.4, -0.2) is 29.6 Å². The average molecular weight is 301 g/mol. The molecular formula is C17H19NO4. The molecule has 1 fully saturated rings. The zero-order valence-electron chi connectivity index (χ0n) is 12.5. The third-order valence-electron chi connectivity index (χ3n) is 3.97. The van der Waals surface area contributed by atoms with Gasteiger partial charge in [-0.1, -0.05) is 42.5 Å². The second kappa shape index (κ2) is 5.57. The number of ether oxygens (including phenoxy) is 2. The van der Waals surface area contributed by atoms with Crippen LogP contribution in [0.5, 0.6) is 0 Å². The largest absolute Gasteiger partial charge is 0.445 e. The predicted molar refractivity (Wildman–Crippen MR) is 80.2 cm³/mol. The van der Waals surface area contributed by atoms with Crippen LogP contribution >= 0.6 is 0 Å². The highest BCUT2D eigenvalue weighted by Crippen LogP contribution is 2.40. The normalized spacial score (nSPS) is 29.4. The molecule has 0 aromatic heterocycles. The molecule has 1 N–H and O–H groups in total. The predicted octanol–water partition coefficient (Wildman–Crippen LogP) is 2.36. The molecule has 1 saturated heterocycles. The quantitative estimate of drug-likeness (QED) is 0.867. The monoisotopic (exact) mass is 301 g/mol. The van der Waals surface area contributed by atoms with Gasteiger partial charge >= 0.3 is 6.09 Å². The van der Waals surface area contributed by atoms with E-state index in [-0.39, 0.29) is 25.4 Å². The van der Waals surface area contributed by atoms with E-state index in [1.807, 2.05) is 49.4 Å². The summed E-state index contributed by atoms with van der Waals surface area (Å²) in [6.07, 6.45) is 3.97. The Morgan fingerprint density at radius 2 is 2.05 bits per heavy atom. The first-order valence-corrected chi connectivity index (χ1v) is 7.36. The molecule has 0 spiro atoms. The van der Waals surface area contributed by atoms with Crippen LogP contribution in [0.4, 0.5) is 4.79 Å². The maximum Gasteiger partial charge on any atom is 0.407 e. The van der Waals surface area contributed by atoms with Crippen molar-refractivity contribution in [3.8, 4) is 0 Å². The summed E-state index contributed by atoms with van der Waals surface area (Å²) < 4.78 is 11.1. The van der Waals surface area contributed by atoms with Gasteiger partial charge in [-0.15, -0.1) is 0 Å². The van der Waals surface area contributed by atoms with Gasteiger partial charge in [-0.25, -0.2) is 4.79 Å². The number of hydrogen-bond donors (Lipinski definition) is 1. The van der Waals surface area contributed by atoms with Gasteiger partial charge in [0.05, 0.1) is 12.1 Å². The maximum atomic E-state index is 11.8. The van der Waals surface area contributed by atoms with Crippen LogP contribution in [0.3, 0.4) is 0 Å². The third kappa shape index (κ3) is 3.20. The molecule has 0 radical (unpaired) electrons. The fraction of sp³-hybridized carbons (Fsp3) is 0.412. The number of carbonyl (C=O) groups is 2. The number of rotatable bonds is 4. The molecule has 2 aliphatic rings. The van der Waals surface area contributed by atoms with Gasteiger partial charge in [0.15, 0.2) is 0 Å². The maximum absolute atomic E-state index is 11.8. The topological polar surface area (TPSA) is 64.6 Å². The molecule has 0 saturated carbocycles. The molecule has 1 aromatic rings. The minimum absolute atomic E-state index is 0.151. The van der Waals surface area contributed by atoms with E-state index in [2.05, 4.69) is 5.32 Å². The van der Waals surface area contributed by atoms with Gasteiger partial charge in [0.2, 0.25) is 0 Å². The molecule has 2 atom stereocenters. The lowest BCUT2D eigenvalue weighted by atomic mass is 9.91. The Labute approximate surface area is 129 Å². The highest BCUT2D eigenvalue weighted by molar-refractivity contribution is 5.83. The molecule has 1 aromatic carbocycles. The van der Waals surface area contributed by atoms with E-state index in [0.717, 1.165) is 5.56 Å². The van der Waals surface area contributed by atoms with Gasteiger partial charge in [-0.05, 0) is 12.5 Å². The summed E-state index contributed by atoms with van der Waals surface area (Å²) in [7, 11) is 0. The van der Waals surface area contributed by atoms with E-state index in [1.54, 1.807) is 0 Å². The van der Waals surface area contributed by atoms with E-state index in [4.69, 9.17) is 9.47 Å². The molecular weight excluding hydrogens is 282 g/mol. The van der Waals surface area contributed by atoms with Gasteiger partial charge in [0.1, 0.15) is 18.0 Å². The summed E-state index contributed by atoms with van der Waals surface area (Å²) in [4.78, 5) is 23.6. The number of amides is 1.